The van der Waals surface area contributed by atoms with Crippen LogP contribution < -0.4 is 0 Å². The summed E-state index contributed by atoms with van der Waals surface area (Å²) < 4.78 is -0.983. The van der Waals surface area contributed by atoms with Gasteiger partial charge in [-0.2, -0.15) is 0 Å². The van der Waals surface area contributed by atoms with Crippen LogP contribution in [0.4, 0.5) is 4.79 Å². The molecule has 0 spiro atoms. The van der Waals surface area contributed by atoms with Crippen molar-refractivity contribution < 1.29 is 29.1 Å². The van der Waals surface area contributed by atoms with Gasteiger partial charge in [0.1, 0.15) is 0 Å². The van der Waals surface area contributed by atoms with Crippen LogP contribution in [0.2, 0.25) is 0 Å². The van der Waals surface area contributed by atoms with Crippen LogP contribution in [0.3, 0.4) is 0 Å². The van der Waals surface area contributed by atoms with Gasteiger partial charge in [-0.3, -0.25) is 0 Å². The van der Waals surface area contributed by atoms with Crippen molar-refractivity contribution in [3.05, 3.63) is 0 Å². The SMILES string of the molecule is O=[C](O)[Pd]. The van der Waals surface area contributed by atoms with E-state index in [0.717, 1.165) is 0 Å². The van der Waals surface area contributed by atoms with Crippen molar-refractivity contribution in [2.24, 2.45) is 0 Å². The Labute approximate surface area is 34.2 Å². The first-order chi connectivity index (χ1) is 1.73. The van der Waals surface area contributed by atoms with E-state index in [-0.39, 0.29) is 0 Å². The van der Waals surface area contributed by atoms with Gasteiger partial charge in [0.05, 0.1) is 0 Å². The summed E-state index contributed by atoms with van der Waals surface area (Å²) in [4.78, 5) is 8.93. The zero-order valence-corrected chi connectivity index (χ0v) is 3.23. The van der Waals surface area contributed by atoms with Crippen molar-refractivity contribution in [1.82, 2.24) is 0 Å². The van der Waals surface area contributed by atoms with Gasteiger partial charge in [-0.15, -0.1) is 0 Å². The van der Waals surface area contributed by atoms with Crippen LogP contribution in [-0.2, 0) is 19.2 Å². The predicted octanol–water partition coefficient (Wildman–Crippen LogP) is 0.211. The van der Waals surface area contributed by atoms with Gasteiger partial charge in [0.2, 0.25) is 0 Å². The van der Waals surface area contributed by atoms with Gasteiger partial charge in [0.15, 0.2) is 0 Å². The third-order valence-corrected chi connectivity index (χ3v) is 0. The molecule has 4 heavy (non-hydrogen) atoms. The van der Waals surface area contributed by atoms with E-state index in [2.05, 4.69) is 0 Å². The quantitative estimate of drug-likeness (QED) is 0.503. The van der Waals surface area contributed by atoms with E-state index in [9.17, 15) is 0 Å². The average Bonchev–Trinajstić information content (AvgIpc) is 0.811. The standard InChI is InChI=1S/CHO2.Pd/c2-1-3;/h(H,2,3);. The minimum absolute atomic E-state index is 0.983. The van der Waals surface area contributed by atoms with E-state index in [1.807, 2.05) is 19.2 Å². The molecule has 0 aromatic carbocycles. The molecule has 0 fully saturated rings. The molecule has 0 aliphatic carbocycles. The van der Waals surface area contributed by atoms with Gasteiger partial charge in [0, 0.05) is 0 Å². The van der Waals surface area contributed by atoms with Gasteiger partial charge in [-0.25, -0.2) is 0 Å². The summed E-state index contributed by atoms with van der Waals surface area (Å²) in [5.41, 5.74) is 0. The Morgan fingerprint density at radius 2 is 2.00 bits per heavy atom. The van der Waals surface area contributed by atoms with Crippen LogP contribution in [0.1, 0.15) is 0 Å². The van der Waals surface area contributed by atoms with E-state index >= 15 is 0 Å². The van der Waals surface area contributed by atoms with E-state index < -0.39 is 4.44 Å². The second-order valence-electron chi connectivity index (χ2n) is 0.227. The summed E-state index contributed by atoms with van der Waals surface area (Å²) in [5, 5.41) is 7.35. The fourth-order valence-electron chi connectivity index (χ4n) is 0. The first-order valence-corrected chi connectivity index (χ1v) is 1.36. The molecule has 0 aromatic heterocycles. The van der Waals surface area contributed by atoms with Crippen molar-refractivity contribution in [1.29, 1.82) is 0 Å². The molecule has 0 aromatic rings. The molecule has 0 saturated heterocycles. The molecule has 0 amide bonds. The third-order valence-electron chi connectivity index (χ3n) is 0. The molecule has 1 N–H and O–H groups in total. The Morgan fingerprint density at radius 3 is 2.00 bits per heavy atom. The summed E-state index contributed by atoms with van der Waals surface area (Å²) in [5.74, 6) is 0. The summed E-state index contributed by atoms with van der Waals surface area (Å²) in [6.45, 7) is 0. The first kappa shape index (κ1) is 4.13. The number of hydrogen-bond acceptors (Lipinski definition) is 1. The maximum absolute atomic E-state index is 8.93. The second kappa shape index (κ2) is 1.45. The van der Waals surface area contributed by atoms with Gasteiger partial charge in [-0.05, 0) is 0 Å². The van der Waals surface area contributed by atoms with Crippen molar-refractivity contribution in [3.63, 3.8) is 0 Å². The number of hydrogen-bond donors (Lipinski definition) is 1. The van der Waals surface area contributed by atoms with Crippen LogP contribution in [0.25, 0.3) is 0 Å². The van der Waals surface area contributed by atoms with Crippen LogP contribution in [-0.4, -0.2) is 9.55 Å². The molecule has 0 aliphatic heterocycles. The number of carboxylic acid groups (broad SMARTS) is 1. The van der Waals surface area contributed by atoms with Crippen LogP contribution in [0.15, 0.2) is 0 Å². The number of carbonyl (C=O) groups is 1. The molecule has 0 rings (SSSR count). The maximum atomic E-state index is 8.93. The Kier molecular flexibility index (Phi) is 1.50. The third kappa shape index (κ3) is 156. The summed E-state index contributed by atoms with van der Waals surface area (Å²) in [6.07, 6.45) is 0. The number of rotatable bonds is 0. The van der Waals surface area contributed by atoms with Crippen molar-refractivity contribution in [2.75, 3.05) is 0 Å². The fourth-order valence-corrected chi connectivity index (χ4v) is 0. The van der Waals surface area contributed by atoms with Gasteiger partial charge in [-0.1, -0.05) is 0 Å². The van der Waals surface area contributed by atoms with E-state index in [1.165, 1.54) is 0 Å². The summed E-state index contributed by atoms with van der Waals surface area (Å²) in [6, 6.07) is 0. The zero-order chi connectivity index (χ0) is 3.58. The van der Waals surface area contributed by atoms with E-state index in [0.29, 0.717) is 0 Å². The minimum atomic E-state index is -0.983. The molecule has 27 valence electrons. The van der Waals surface area contributed by atoms with Crippen LogP contribution in [0, 0.1) is 0 Å². The fraction of sp³-hybridized carbons (Fsp3) is 0. The summed E-state index contributed by atoms with van der Waals surface area (Å²) in [7, 11) is 0. The van der Waals surface area contributed by atoms with Gasteiger partial charge < -0.3 is 0 Å². The average molecular weight is 151 g/mol. The molecule has 0 atom stereocenters. The Balaban J connectivity index is 2.80. The molecular formula is CHO2Pd. The van der Waals surface area contributed by atoms with Gasteiger partial charge >= 0.3 is 33.5 Å². The molecular weight excluding hydrogens is 150 g/mol. The second-order valence-corrected chi connectivity index (χ2v) is 0.891. The van der Waals surface area contributed by atoms with E-state index in [4.69, 9.17) is 9.90 Å². The molecule has 2 nitrogen and oxygen atoms in total. The van der Waals surface area contributed by atoms with Crippen LogP contribution >= 0.6 is 0 Å². The van der Waals surface area contributed by atoms with Crippen LogP contribution in [0.5, 0.6) is 0 Å². The van der Waals surface area contributed by atoms with E-state index in [1.54, 1.807) is 0 Å². The molecule has 0 bridgehead atoms. The van der Waals surface area contributed by atoms with Crippen molar-refractivity contribution in [3.8, 4) is 0 Å². The molecule has 3 heteroatoms. The Bertz CT molecular complexity index is 29.0. The van der Waals surface area contributed by atoms with Gasteiger partial charge in [0.25, 0.3) is 0 Å². The molecule has 0 saturated carbocycles. The summed E-state index contributed by atoms with van der Waals surface area (Å²) >= 11 is 1.97. The topological polar surface area (TPSA) is 37.3 Å². The molecule has 0 aliphatic rings. The first-order valence-electron chi connectivity index (χ1n) is 0.586. The zero-order valence-electron chi connectivity index (χ0n) is 1.67. The Hall–Kier alpha value is 0.132. The molecule has 0 radical (unpaired) electrons. The van der Waals surface area contributed by atoms with Crippen molar-refractivity contribution >= 4 is 4.44 Å². The van der Waals surface area contributed by atoms with Crippen molar-refractivity contribution in [2.45, 2.75) is 0 Å². The molecule has 0 unspecified atom stereocenters. The normalized spacial score (nSPS) is 6.50. The molecule has 0 heterocycles. The Morgan fingerprint density at radius 1 is 2.00 bits per heavy atom. The monoisotopic (exact) mass is 151 g/mol. The predicted molar refractivity (Wildman–Crippen MR) is 8.02 cm³/mol.